The summed E-state index contributed by atoms with van der Waals surface area (Å²) < 4.78 is 38.9. The Bertz CT molecular complexity index is 1080. The van der Waals surface area contributed by atoms with Crippen LogP contribution in [0.25, 0.3) is 0 Å². The molecule has 0 spiro atoms. The molecular formula is C23H23FN2O3S. The van der Waals surface area contributed by atoms with E-state index in [4.69, 9.17) is 0 Å². The van der Waals surface area contributed by atoms with Crippen LogP contribution in [0.2, 0.25) is 0 Å². The standard InChI is InChI=1S/C23H23FN2O3S/c1-30(28,29)26(17-19-7-11-21(24)12-8-19)22-13-9-20(10-14-22)23(27)25-16-15-18-5-3-2-4-6-18/h2-14H,15-17H2,1H3,(H,25,27). The molecule has 0 saturated heterocycles. The topological polar surface area (TPSA) is 66.5 Å². The minimum atomic E-state index is -3.57. The van der Waals surface area contributed by atoms with E-state index in [1.807, 2.05) is 30.3 Å². The van der Waals surface area contributed by atoms with Crippen LogP contribution in [-0.2, 0) is 23.0 Å². The Morgan fingerprint density at radius 2 is 1.53 bits per heavy atom. The van der Waals surface area contributed by atoms with Crippen molar-refractivity contribution in [1.29, 1.82) is 0 Å². The molecule has 0 aliphatic heterocycles. The first-order valence-corrected chi connectivity index (χ1v) is 11.3. The zero-order valence-electron chi connectivity index (χ0n) is 16.6. The molecule has 3 rings (SSSR count). The van der Waals surface area contributed by atoms with Crippen LogP contribution >= 0.6 is 0 Å². The fourth-order valence-corrected chi connectivity index (χ4v) is 3.89. The second-order valence-electron chi connectivity index (χ2n) is 6.93. The molecule has 3 aromatic carbocycles. The zero-order valence-corrected chi connectivity index (χ0v) is 17.4. The Morgan fingerprint density at radius 3 is 2.13 bits per heavy atom. The predicted molar refractivity (Wildman–Crippen MR) is 116 cm³/mol. The van der Waals surface area contributed by atoms with Gasteiger partial charge in [-0.2, -0.15) is 0 Å². The van der Waals surface area contributed by atoms with Crippen LogP contribution in [0.5, 0.6) is 0 Å². The fourth-order valence-electron chi connectivity index (χ4n) is 3.00. The van der Waals surface area contributed by atoms with Crippen molar-refractivity contribution in [2.45, 2.75) is 13.0 Å². The molecule has 0 radical (unpaired) electrons. The van der Waals surface area contributed by atoms with Crippen molar-refractivity contribution >= 4 is 21.6 Å². The number of nitrogens with zero attached hydrogens (tertiary/aromatic N) is 1. The molecule has 0 heterocycles. The van der Waals surface area contributed by atoms with Gasteiger partial charge in [-0.3, -0.25) is 9.10 Å². The van der Waals surface area contributed by atoms with E-state index in [0.717, 1.165) is 18.2 Å². The molecule has 0 unspecified atom stereocenters. The lowest BCUT2D eigenvalue weighted by Crippen LogP contribution is -2.29. The molecular weight excluding hydrogens is 403 g/mol. The highest BCUT2D eigenvalue weighted by atomic mass is 32.2. The maximum absolute atomic E-state index is 13.1. The van der Waals surface area contributed by atoms with Gasteiger partial charge in [-0.25, -0.2) is 12.8 Å². The third kappa shape index (κ3) is 5.90. The molecule has 7 heteroatoms. The summed E-state index contributed by atoms with van der Waals surface area (Å²) >= 11 is 0. The van der Waals surface area contributed by atoms with Crippen molar-refractivity contribution in [3.8, 4) is 0 Å². The number of benzene rings is 3. The van der Waals surface area contributed by atoms with Crippen molar-refractivity contribution in [1.82, 2.24) is 5.32 Å². The number of amides is 1. The Balaban J connectivity index is 1.66. The molecule has 0 bridgehead atoms. The number of rotatable bonds is 8. The first kappa shape index (κ1) is 21.5. The van der Waals surface area contributed by atoms with Crippen LogP contribution in [0.15, 0.2) is 78.9 Å². The van der Waals surface area contributed by atoms with Gasteiger partial charge in [-0.15, -0.1) is 0 Å². The van der Waals surface area contributed by atoms with Crippen molar-refractivity contribution < 1.29 is 17.6 Å². The van der Waals surface area contributed by atoms with E-state index in [2.05, 4.69) is 5.32 Å². The van der Waals surface area contributed by atoms with Gasteiger partial charge in [0, 0.05) is 12.1 Å². The van der Waals surface area contributed by atoms with Gasteiger partial charge in [0.15, 0.2) is 0 Å². The first-order valence-electron chi connectivity index (χ1n) is 9.47. The van der Waals surface area contributed by atoms with Gasteiger partial charge >= 0.3 is 0 Å². The Morgan fingerprint density at radius 1 is 0.900 bits per heavy atom. The highest BCUT2D eigenvalue weighted by Crippen LogP contribution is 2.21. The van der Waals surface area contributed by atoms with E-state index in [9.17, 15) is 17.6 Å². The normalized spacial score (nSPS) is 11.1. The first-order chi connectivity index (χ1) is 14.3. The molecule has 30 heavy (non-hydrogen) atoms. The summed E-state index contributed by atoms with van der Waals surface area (Å²) in [5.41, 5.74) is 2.67. The summed E-state index contributed by atoms with van der Waals surface area (Å²) in [6.07, 6.45) is 1.84. The van der Waals surface area contributed by atoms with Gasteiger partial charge in [0.25, 0.3) is 5.91 Å². The molecule has 156 valence electrons. The van der Waals surface area contributed by atoms with Crippen molar-refractivity contribution in [3.05, 3.63) is 101 Å². The highest BCUT2D eigenvalue weighted by molar-refractivity contribution is 7.92. The van der Waals surface area contributed by atoms with Crippen LogP contribution in [0, 0.1) is 5.82 Å². The maximum atomic E-state index is 13.1. The summed E-state index contributed by atoms with van der Waals surface area (Å²) in [4.78, 5) is 12.4. The van der Waals surface area contributed by atoms with E-state index in [1.165, 1.54) is 16.4 Å². The smallest absolute Gasteiger partial charge is 0.251 e. The predicted octanol–water partition coefficient (Wildman–Crippen LogP) is 3.76. The maximum Gasteiger partial charge on any atom is 0.251 e. The average molecular weight is 427 g/mol. The van der Waals surface area contributed by atoms with Gasteiger partial charge < -0.3 is 5.32 Å². The zero-order chi connectivity index (χ0) is 21.6. The average Bonchev–Trinajstić information content (AvgIpc) is 2.73. The number of hydrogen-bond donors (Lipinski definition) is 1. The van der Waals surface area contributed by atoms with E-state index in [1.54, 1.807) is 36.4 Å². The van der Waals surface area contributed by atoms with Gasteiger partial charge in [-0.05, 0) is 53.9 Å². The minimum absolute atomic E-state index is 0.0712. The summed E-state index contributed by atoms with van der Waals surface area (Å²) in [5.74, 6) is -0.603. The van der Waals surface area contributed by atoms with Crippen LogP contribution in [0.4, 0.5) is 10.1 Å². The second-order valence-corrected chi connectivity index (χ2v) is 8.84. The number of carbonyl (C=O) groups excluding carboxylic acids is 1. The number of carbonyl (C=O) groups is 1. The fraction of sp³-hybridized carbons (Fsp3) is 0.174. The second kappa shape index (κ2) is 9.54. The van der Waals surface area contributed by atoms with Crippen LogP contribution in [-0.4, -0.2) is 27.1 Å². The molecule has 0 aliphatic rings. The number of halogens is 1. The molecule has 0 aliphatic carbocycles. The van der Waals surface area contributed by atoms with Crippen molar-refractivity contribution in [2.24, 2.45) is 0 Å². The van der Waals surface area contributed by atoms with Crippen LogP contribution in [0.3, 0.4) is 0 Å². The number of hydrogen-bond acceptors (Lipinski definition) is 3. The van der Waals surface area contributed by atoms with Crippen molar-refractivity contribution in [2.75, 3.05) is 17.1 Å². The Hall–Kier alpha value is -3.19. The molecule has 0 atom stereocenters. The quantitative estimate of drug-likeness (QED) is 0.596. The summed E-state index contributed by atoms with van der Waals surface area (Å²) in [6.45, 7) is 0.576. The van der Waals surface area contributed by atoms with E-state index < -0.39 is 10.0 Å². The largest absolute Gasteiger partial charge is 0.352 e. The number of anilines is 1. The van der Waals surface area contributed by atoms with Crippen LogP contribution in [0.1, 0.15) is 21.5 Å². The highest BCUT2D eigenvalue weighted by Gasteiger charge is 2.18. The summed E-state index contributed by atoms with van der Waals surface area (Å²) in [7, 11) is -3.57. The monoisotopic (exact) mass is 426 g/mol. The molecule has 0 fully saturated rings. The van der Waals surface area contributed by atoms with Gasteiger partial charge in [0.05, 0.1) is 18.5 Å². The lowest BCUT2D eigenvalue weighted by atomic mass is 10.1. The van der Waals surface area contributed by atoms with Gasteiger partial charge in [-0.1, -0.05) is 42.5 Å². The lowest BCUT2D eigenvalue weighted by Gasteiger charge is -2.22. The number of nitrogens with one attached hydrogen (secondary N) is 1. The van der Waals surface area contributed by atoms with Gasteiger partial charge in [0.2, 0.25) is 10.0 Å². The van der Waals surface area contributed by atoms with Crippen molar-refractivity contribution in [3.63, 3.8) is 0 Å². The molecule has 1 N–H and O–H groups in total. The third-order valence-corrected chi connectivity index (χ3v) is 5.74. The molecule has 0 aromatic heterocycles. The SMILES string of the molecule is CS(=O)(=O)N(Cc1ccc(F)cc1)c1ccc(C(=O)NCCc2ccccc2)cc1. The van der Waals surface area contributed by atoms with E-state index in [0.29, 0.717) is 23.4 Å². The minimum Gasteiger partial charge on any atom is -0.352 e. The third-order valence-electron chi connectivity index (χ3n) is 4.60. The molecule has 1 amide bonds. The summed E-state index contributed by atoms with van der Waals surface area (Å²) in [6, 6.07) is 21.9. The van der Waals surface area contributed by atoms with Crippen LogP contribution < -0.4 is 9.62 Å². The number of sulfonamides is 1. The molecule has 0 saturated carbocycles. The van der Waals surface area contributed by atoms with E-state index in [-0.39, 0.29) is 18.3 Å². The lowest BCUT2D eigenvalue weighted by molar-refractivity contribution is 0.0954. The Kier molecular flexibility index (Phi) is 6.84. The summed E-state index contributed by atoms with van der Waals surface area (Å²) in [5, 5.41) is 2.87. The van der Waals surface area contributed by atoms with Gasteiger partial charge in [0.1, 0.15) is 5.82 Å². The van der Waals surface area contributed by atoms with E-state index >= 15 is 0 Å². The Labute approximate surface area is 176 Å². The molecule has 5 nitrogen and oxygen atoms in total. The molecule has 3 aromatic rings.